The average Bonchev–Trinajstić information content (AvgIpc) is 2.62. The second kappa shape index (κ2) is 7.93. The molecule has 0 amide bonds. The zero-order chi connectivity index (χ0) is 18.4. The lowest BCUT2D eigenvalue weighted by atomic mass is 10.0. The van der Waals surface area contributed by atoms with E-state index < -0.39 is 4.92 Å². The van der Waals surface area contributed by atoms with Gasteiger partial charge in [0.1, 0.15) is 6.07 Å². The van der Waals surface area contributed by atoms with Gasteiger partial charge in [-0.1, -0.05) is 19.1 Å². The fraction of sp³-hybridized carbons (Fsp3) is 0.222. The molecule has 0 aromatic heterocycles. The molecule has 1 unspecified atom stereocenters. The SMILES string of the molecule is COC(=O)C(C)Cc1ccc(Nc2ccc([N+](=O)[O-])cc2C#N)cc1. The lowest BCUT2D eigenvalue weighted by Gasteiger charge is -2.11. The molecule has 0 bridgehead atoms. The number of nitrogens with one attached hydrogen (secondary N) is 1. The molecule has 7 nitrogen and oxygen atoms in total. The average molecular weight is 339 g/mol. The molecule has 0 aliphatic heterocycles. The minimum absolute atomic E-state index is 0.130. The first-order valence-electron chi connectivity index (χ1n) is 7.57. The number of nitro groups is 1. The van der Waals surface area contributed by atoms with Crippen LogP contribution in [0.4, 0.5) is 17.1 Å². The van der Waals surface area contributed by atoms with Crippen molar-refractivity contribution in [2.45, 2.75) is 13.3 Å². The maximum atomic E-state index is 11.5. The topological polar surface area (TPSA) is 105 Å². The molecule has 2 rings (SSSR count). The van der Waals surface area contributed by atoms with Gasteiger partial charge in [0.2, 0.25) is 0 Å². The Bertz CT molecular complexity index is 825. The van der Waals surface area contributed by atoms with Gasteiger partial charge in [-0.2, -0.15) is 5.26 Å². The predicted molar refractivity (Wildman–Crippen MR) is 92.4 cm³/mol. The molecule has 0 heterocycles. The first-order valence-corrected chi connectivity index (χ1v) is 7.57. The van der Waals surface area contributed by atoms with Crippen LogP contribution in [0.3, 0.4) is 0 Å². The van der Waals surface area contributed by atoms with E-state index in [4.69, 9.17) is 10.00 Å². The van der Waals surface area contributed by atoms with Crippen LogP contribution in [0.2, 0.25) is 0 Å². The van der Waals surface area contributed by atoms with Crippen LogP contribution < -0.4 is 5.32 Å². The van der Waals surface area contributed by atoms with Crippen LogP contribution in [0.25, 0.3) is 0 Å². The second-order valence-corrected chi connectivity index (χ2v) is 5.55. The Balaban J connectivity index is 2.13. The van der Waals surface area contributed by atoms with E-state index in [1.807, 2.05) is 30.3 Å². The minimum Gasteiger partial charge on any atom is -0.469 e. The van der Waals surface area contributed by atoms with Gasteiger partial charge in [0.25, 0.3) is 5.69 Å². The number of carbonyl (C=O) groups is 1. The van der Waals surface area contributed by atoms with Crippen molar-refractivity contribution < 1.29 is 14.5 Å². The number of carbonyl (C=O) groups excluding carboxylic acids is 1. The number of anilines is 2. The molecule has 0 spiro atoms. The van der Waals surface area contributed by atoms with Crippen molar-refractivity contribution in [3.8, 4) is 6.07 Å². The van der Waals surface area contributed by atoms with Gasteiger partial charge in [-0.15, -0.1) is 0 Å². The summed E-state index contributed by atoms with van der Waals surface area (Å²) in [7, 11) is 1.36. The Labute approximate surface area is 145 Å². The summed E-state index contributed by atoms with van der Waals surface area (Å²) in [6.07, 6.45) is 0.563. The molecule has 1 atom stereocenters. The predicted octanol–water partition coefficient (Wildman–Crippen LogP) is 3.56. The van der Waals surface area contributed by atoms with Crippen molar-refractivity contribution in [2.75, 3.05) is 12.4 Å². The van der Waals surface area contributed by atoms with Crippen molar-refractivity contribution in [1.29, 1.82) is 5.26 Å². The van der Waals surface area contributed by atoms with Crippen LogP contribution in [0.5, 0.6) is 0 Å². The van der Waals surface area contributed by atoms with E-state index >= 15 is 0 Å². The third kappa shape index (κ3) is 4.54. The molecule has 0 radical (unpaired) electrons. The highest BCUT2D eigenvalue weighted by atomic mass is 16.6. The van der Waals surface area contributed by atoms with Gasteiger partial charge in [-0.05, 0) is 30.2 Å². The van der Waals surface area contributed by atoms with Crippen molar-refractivity contribution in [3.05, 3.63) is 63.7 Å². The monoisotopic (exact) mass is 339 g/mol. The number of nitro benzene ring substituents is 1. The summed E-state index contributed by atoms with van der Waals surface area (Å²) in [5.41, 5.74) is 2.27. The number of nitriles is 1. The number of rotatable bonds is 6. The molecule has 2 aromatic carbocycles. The molecular formula is C18H17N3O4. The van der Waals surface area contributed by atoms with Crippen molar-refractivity contribution in [2.24, 2.45) is 5.92 Å². The van der Waals surface area contributed by atoms with Crippen molar-refractivity contribution >= 4 is 23.0 Å². The van der Waals surface area contributed by atoms with Gasteiger partial charge in [0.05, 0.1) is 29.2 Å². The molecule has 0 saturated heterocycles. The molecule has 128 valence electrons. The quantitative estimate of drug-likeness (QED) is 0.490. The highest BCUT2D eigenvalue weighted by Gasteiger charge is 2.14. The van der Waals surface area contributed by atoms with Gasteiger partial charge < -0.3 is 10.1 Å². The number of hydrogen-bond donors (Lipinski definition) is 1. The van der Waals surface area contributed by atoms with E-state index in [0.717, 1.165) is 11.3 Å². The lowest BCUT2D eigenvalue weighted by Crippen LogP contribution is -2.15. The van der Waals surface area contributed by atoms with Crippen LogP contribution in [-0.4, -0.2) is 18.0 Å². The highest BCUT2D eigenvalue weighted by Crippen LogP contribution is 2.25. The Morgan fingerprint density at radius 2 is 2.00 bits per heavy atom. The molecule has 0 aliphatic carbocycles. The Morgan fingerprint density at radius 3 is 2.56 bits per heavy atom. The van der Waals surface area contributed by atoms with E-state index in [1.165, 1.54) is 25.3 Å². The standard InChI is InChI=1S/C18H17N3O4/c1-12(18(22)25-2)9-13-3-5-15(6-4-13)20-17-8-7-16(21(23)24)10-14(17)11-19/h3-8,10,12,20H,9H2,1-2H3. The van der Waals surface area contributed by atoms with Crippen LogP contribution in [0.1, 0.15) is 18.1 Å². The van der Waals surface area contributed by atoms with E-state index in [2.05, 4.69) is 5.32 Å². The summed E-state index contributed by atoms with van der Waals surface area (Å²) in [6.45, 7) is 1.80. The summed E-state index contributed by atoms with van der Waals surface area (Å²) < 4.78 is 4.71. The van der Waals surface area contributed by atoms with Gasteiger partial charge in [0, 0.05) is 17.8 Å². The Hall–Kier alpha value is -3.40. The Kier molecular flexibility index (Phi) is 5.69. The van der Waals surface area contributed by atoms with Crippen LogP contribution in [-0.2, 0) is 16.0 Å². The zero-order valence-corrected chi connectivity index (χ0v) is 13.9. The molecule has 0 aliphatic rings. The molecule has 25 heavy (non-hydrogen) atoms. The van der Waals surface area contributed by atoms with E-state index in [1.54, 1.807) is 6.92 Å². The Morgan fingerprint density at radius 1 is 1.32 bits per heavy atom. The number of methoxy groups -OCH3 is 1. The van der Waals surface area contributed by atoms with Gasteiger partial charge in [-0.3, -0.25) is 14.9 Å². The smallest absolute Gasteiger partial charge is 0.308 e. The molecular weight excluding hydrogens is 322 g/mol. The van der Waals surface area contributed by atoms with E-state index in [9.17, 15) is 14.9 Å². The highest BCUT2D eigenvalue weighted by molar-refractivity contribution is 5.72. The lowest BCUT2D eigenvalue weighted by molar-refractivity contribution is -0.384. The second-order valence-electron chi connectivity index (χ2n) is 5.55. The fourth-order valence-electron chi connectivity index (χ4n) is 2.37. The van der Waals surface area contributed by atoms with E-state index in [0.29, 0.717) is 12.1 Å². The number of non-ortho nitro benzene ring substituents is 1. The summed E-state index contributed by atoms with van der Waals surface area (Å²) >= 11 is 0. The third-order valence-electron chi connectivity index (χ3n) is 3.71. The van der Waals surface area contributed by atoms with Gasteiger partial charge >= 0.3 is 5.97 Å². The molecule has 2 aromatic rings. The number of ether oxygens (including phenoxy) is 1. The maximum absolute atomic E-state index is 11.5. The molecule has 0 saturated carbocycles. The summed E-state index contributed by atoms with van der Waals surface area (Å²) in [6, 6.07) is 13.4. The van der Waals surface area contributed by atoms with E-state index in [-0.39, 0.29) is 23.1 Å². The largest absolute Gasteiger partial charge is 0.469 e. The normalized spacial score (nSPS) is 11.2. The van der Waals surface area contributed by atoms with Gasteiger partial charge in [-0.25, -0.2) is 0 Å². The first-order chi connectivity index (χ1) is 11.9. The minimum atomic E-state index is -0.540. The summed E-state index contributed by atoms with van der Waals surface area (Å²) in [4.78, 5) is 21.7. The van der Waals surface area contributed by atoms with Crippen molar-refractivity contribution in [1.82, 2.24) is 0 Å². The van der Waals surface area contributed by atoms with Crippen LogP contribution in [0, 0.1) is 27.4 Å². The number of esters is 1. The van der Waals surface area contributed by atoms with Gasteiger partial charge in [0.15, 0.2) is 0 Å². The van der Waals surface area contributed by atoms with Crippen LogP contribution >= 0.6 is 0 Å². The summed E-state index contributed by atoms with van der Waals surface area (Å²) in [5, 5.41) is 23.0. The van der Waals surface area contributed by atoms with Crippen molar-refractivity contribution in [3.63, 3.8) is 0 Å². The molecule has 0 fully saturated rings. The number of hydrogen-bond acceptors (Lipinski definition) is 6. The molecule has 7 heteroatoms. The third-order valence-corrected chi connectivity index (χ3v) is 3.71. The van der Waals surface area contributed by atoms with Crippen LogP contribution in [0.15, 0.2) is 42.5 Å². The maximum Gasteiger partial charge on any atom is 0.308 e. The molecule has 1 N–H and O–H groups in total. The first kappa shape index (κ1) is 17.9. The number of nitrogens with zero attached hydrogens (tertiary/aromatic N) is 2. The zero-order valence-electron chi connectivity index (χ0n) is 13.9. The number of benzene rings is 2. The summed E-state index contributed by atoms with van der Waals surface area (Å²) in [5.74, 6) is -0.490. The fourth-order valence-corrected chi connectivity index (χ4v) is 2.37.